The number of amides is 1. The van der Waals surface area contributed by atoms with Crippen molar-refractivity contribution in [1.29, 1.82) is 0 Å². The second kappa shape index (κ2) is 5.75. The average molecular weight is 373 g/mol. The van der Waals surface area contributed by atoms with Crippen LogP contribution in [0.1, 0.15) is 35.1 Å². The summed E-state index contributed by atoms with van der Waals surface area (Å²) in [7, 11) is 0. The van der Waals surface area contributed by atoms with Crippen molar-refractivity contribution in [2.75, 3.05) is 5.32 Å². The second-order valence-corrected chi connectivity index (χ2v) is 6.10. The van der Waals surface area contributed by atoms with Crippen molar-refractivity contribution >= 4 is 45.7 Å². The Balaban J connectivity index is 2.17. The Morgan fingerprint density at radius 1 is 1.33 bits per heavy atom. The van der Waals surface area contributed by atoms with Crippen LogP contribution < -0.4 is 5.32 Å². The minimum Gasteiger partial charge on any atom is -0.321 e. The summed E-state index contributed by atoms with van der Waals surface area (Å²) in [6.45, 7) is 4.00. The number of nitrogens with one attached hydrogen (secondary N) is 1. The van der Waals surface area contributed by atoms with Gasteiger partial charge in [-0.1, -0.05) is 18.3 Å². The van der Waals surface area contributed by atoms with Crippen LogP contribution >= 0.6 is 34.1 Å². The van der Waals surface area contributed by atoms with Crippen molar-refractivity contribution < 1.29 is 4.79 Å². The van der Waals surface area contributed by atoms with Gasteiger partial charge in [0, 0.05) is 9.26 Å². The third kappa shape index (κ3) is 3.05. The zero-order chi connectivity index (χ0) is 13.1. The summed E-state index contributed by atoms with van der Waals surface area (Å²) in [5, 5.41) is 6.85. The molecule has 0 saturated carbocycles. The van der Waals surface area contributed by atoms with Crippen LogP contribution in [0.5, 0.6) is 0 Å². The molecular weight excluding hydrogens is 361 g/mol. The number of anilines is 1. The van der Waals surface area contributed by atoms with E-state index < -0.39 is 0 Å². The van der Waals surface area contributed by atoms with E-state index in [-0.39, 0.29) is 11.8 Å². The molecule has 0 aliphatic rings. The van der Waals surface area contributed by atoms with Crippen molar-refractivity contribution in [3.63, 3.8) is 0 Å². The Morgan fingerprint density at radius 3 is 2.61 bits per heavy atom. The molecule has 0 radical (unpaired) electrons. The van der Waals surface area contributed by atoms with E-state index in [9.17, 15) is 4.79 Å². The predicted molar refractivity (Wildman–Crippen MR) is 81.1 cm³/mol. The molecule has 1 heterocycles. The maximum Gasteiger partial charge on any atom is 0.269 e. The zero-order valence-electron chi connectivity index (χ0n) is 9.98. The van der Waals surface area contributed by atoms with Crippen LogP contribution in [0.2, 0.25) is 0 Å². The predicted octanol–water partition coefficient (Wildman–Crippen LogP) is 3.52. The van der Waals surface area contributed by atoms with Crippen LogP contribution in [0.15, 0.2) is 24.3 Å². The molecule has 18 heavy (non-hydrogen) atoms. The first-order chi connectivity index (χ1) is 8.58. The molecule has 0 saturated heterocycles. The van der Waals surface area contributed by atoms with Gasteiger partial charge >= 0.3 is 0 Å². The Hall–Kier alpha value is -1.02. The highest BCUT2D eigenvalue weighted by Crippen LogP contribution is 2.21. The van der Waals surface area contributed by atoms with Gasteiger partial charge in [-0.3, -0.25) is 4.79 Å². The number of nitrogens with zero attached hydrogens (tertiary/aromatic N) is 2. The molecule has 0 unspecified atom stereocenters. The highest BCUT2D eigenvalue weighted by Gasteiger charge is 2.18. The lowest BCUT2D eigenvalue weighted by Crippen LogP contribution is -2.13. The Kier molecular flexibility index (Phi) is 4.28. The second-order valence-electron chi connectivity index (χ2n) is 4.10. The lowest BCUT2D eigenvalue weighted by molar-refractivity contribution is 0.102. The first-order valence-corrected chi connectivity index (χ1v) is 7.32. The van der Waals surface area contributed by atoms with Crippen molar-refractivity contribution in [2.24, 2.45) is 0 Å². The van der Waals surface area contributed by atoms with Crippen LogP contribution in [0.3, 0.4) is 0 Å². The van der Waals surface area contributed by atoms with Gasteiger partial charge in [0.25, 0.3) is 5.91 Å². The highest BCUT2D eigenvalue weighted by molar-refractivity contribution is 14.1. The number of halogens is 1. The molecule has 0 aliphatic heterocycles. The molecule has 0 fully saturated rings. The quantitative estimate of drug-likeness (QED) is 0.838. The summed E-state index contributed by atoms with van der Waals surface area (Å²) >= 11 is 3.36. The minimum absolute atomic E-state index is 0.144. The fourth-order valence-electron chi connectivity index (χ4n) is 1.45. The normalized spacial score (nSPS) is 10.7. The SMILES string of the molecule is CC(C)c1nnsc1C(=O)Nc1ccc(I)cc1. The summed E-state index contributed by atoms with van der Waals surface area (Å²) in [4.78, 5) is 12.7. The Morgan fingerprint density at radius 2 is 2.00 bits per heavy atom. The summed E-state index contributed by atoms with van der Waals surface area (Å²) < 4.78 is 4.98. The van der Waals surface area contributed by atoms with Gasteiger partial charge in [0.2, 0.25) is 0 Å². The van der Waals surface area contributed by atoms with Gasteiger partial charge in [-0.15, -0.1) is 5.10 Å². The van der Waals surface area contributed by atoms with Gasteiger partial charge < -0.3 is 5.32 Å². The molecular formula is C12H12IN3OS. The fraction of sp³-hybridized carbons (Fsp3) is 0.250. The van der Waals surface area contributed by atoms with Crippen molar-refractivity contribution in [2.45, 2.75) is 19.8 Å². The smallest absolute Gasteiger partial charge is 0.269 e. The molecule has 0 aliphatic carbocycles. The number of hydrogen-bond donors (Lipinski definition) is 1. The molecule has 1 N–H and O–H groups in total. The summed E-state index contributed by atoms with van der Waals surface area (Å²) in [6, 6.07) is 7.65. The molecule has 4 nitrogen and oxygen atoms in total. The first kappa shape index (κ1) is 13.4. The van der Waals surface area contributed by atoms with Crippen LogP contribution in [-0.4, -0.2) is 15.5 Å². The fourth-order valence-corrected chi connectivity index (χ4v) is 2.53. The van der Waals surface area contributed by atoms with Crippen LogP contribution in [-0.2, 0) is 0 Å². The largest absolute Gasteiger partial charge is 0.321 e. The topological polar surface area (TPSA) is 54.9 Å². The number of hydrogen-bond acceptors (Lipinski definition) is 4. The maximum atomic E-state index is 12.1. The molecule has 1 amide bonds. The standard InChI is InChI=1S/C12H12IN3OS/c1-7(2)10-11(18-16-15-10)12(17)14-9-5-3-8(13)4-6-9/h3-7H,1-2H3,(H,14,17). The first-order valence-electron chi connectivity index (χ1n) is 5.47. The molecule has 1 aromatic carbocycles. The lowest BCUT2D eigenvalue weighted by atomic mass is 10.1. The van der Waals surface area contributed by atoms with E-state index in [1.807, 2.05) is 38.1 Å². The molecule has 94 valence electrons. The molecule has 0 atom stereocenters. The van der Waals surface area contributed by atoms with Crippen LogP contribution in [0, 0.1) is 3.57 Å². The van der Waals surface area contributed by atoms with Crippen molar-refractivity contribution in [3.05, 3.63) is 38.4 Å². The van der Waals surface area contributed by atoms with Gasteiger partial charge in [-0.2, -0.15) is 0 Å². The molecule has 2 aromatic rings. The zero-order valence-corrected chi connectivity index (χ0v) is 12.9. The van der Waals surface area contributed by atoms with E-state index in [2.05, 4.69) is 37.5 Å². The van der Waals surface area contributed by atoms with Crippen LogP contribution in [0.4, 0.5) is 5.69 Å². The van der Waals surface area contributed by atoms with Crippen LogP contribution in [0.25, 0.3) is 0 Å². The third-order valence-corrected chi connectivity index (χ3v) is 3.83. The minimum atomic E-state index is -0.144. The van der Waals surface area contributed by atoms with E-state index in [4.69, 9.17) is 0 Å². The van der Waals surface area contributed by atoms with Gasteiger partial charge in [0.1, 0.15) is 4.88 Å². The van der Waals surface area contributed by atoms with Gasteiger partial charge in [-0.05, 0) is 64.3 Å². The van der Waals surface area contributed by atoms with E-state index in [1.54, 1.807) is 0 Å². The number of benzene rings is 1. The van der Waals surface area contributed by atoms with Crippen molar-refractivity contribution in [3.8, 4) is 0 Å². The summed E-state index contributed by atoms with van der Waals surface area (Å²) in [5.74, 6) is 0.0520. The van der Waals surface area contributed by atoms with E-state index in [0.717, 1.165) is 26.5 Å². The Bertz CT molecular complexity index is 551. The summed E-state index contributed by atoms with van der Waals surface area (Å²) in [6.07, 6.45) is 0. The number of aromatic nitrogens is 2. The molecule has 2 rings (SSSR count). The van der Waals surface area contributed by atoms with E-state index >= 15 is 0 Å². The van der Waals surface area contributed by atoms with Gasteiger partial charge in [-0.25, -0.2) is 0 Å². The number of carbonyl (C=O) groups is 1. The number of rotatable bonds is 3. The van der Waals surface area contributed by atoms with E-state index in [1.165, 1.54) is 0 Å². The average Bonchev–Trinajstić information content (AvgIpc) is 2.81. The molecule has 0 spiro atoms. The third-order valence-electron chi connectivity index (χ3n) is 2.37. The summed E-state index contributed by atoms with van der Waals surface area (Å²) in [5.41, 5.74) is 1.53. The van der Waals surface area contributed by atoms with Crippen molar-refractivity contribution in [1.82, 2.24) is 9.59 Å². The maximum absolute atomic E-state index is 12.1. The molecule has 1 aromatic heterocycles. The lowest BCUT2D eigenvalue weighted by Gasteiger charge is -2.06. The Labute approximate surface area is 123 Å². The highest BCUT2D eigenvalue weighted by atomic mass is 127. The van der Waals surface area contributed by atoms with Gasteiger partial charge in [0.05, 0.1) is 5.69 Å². The molecule has 0 bridgehead atoms. The number of carbonyl (C=O) groups excluding carboxylic acids is 1. The molecule has 6 heteroatoms. The monoisotopic (exact) mass is 373 g/mol. The van der Waals surface area contributed by atoms with E-state index in [0.29, 0.717) is 4.88 Å². The van der Waals surface area contributed by atoms with Gasteiger partial charge in [0.15, 0.2) is 0 Å².